The summed E-state index contributed by atoms with van der Waals surface area (Å²) in [6, 6.07) is 15.1. The number of unbranched alkanes of at least 4 members (excludes halogenated alkanes) is 1. The van der Waals surface area contributed by atoms with Crippen LogP contribution in [0.2, 0.25) is 0 Å². The van der Waals surface area contributed by atoms with Crippen molar-refractivity contribution >= 4 is 17.3 Å². The maximum atomic E-state index is 12.1. The molecule has 0 spiro atoms. The number of nitrogens with one attached hydrogen (secondary N) is 1. The highest BCUT2D eigenvalue weighted by Crippen LogP contribution is 2.23. The van der Waals surface area contributed by atoms with Crippen LogP contribution in [0, 0.1) is 11.8 Å². The van der Waals surface area contributed by atoms with Crippen LogP contribution < -0.4 is 15.0 Å². The monoisotopic (exact) mass is 489 g/mol. The summed E-state index contributed by atoms with van der Waals surface area (Å²) in [4.78, 5) is 32.7. The number of nitrogens with zero attached hydrogens (tertiary/aromatic N) is 4. The summed E-state index contributed by atoms with van der Waals surface area (Å²) in [5.74, 6) is 0.768. The van der Waals surface area contributed by atoms with Crippen molar-refractivity contribution in [3.8, 4) is 5.75 Å². The Morgan fingerprint density at radius 2 is 1.81 bits per heavy atom. The summed E-state index contributed by atoms with van der Waals surface area (Å²) in [5.41, 5.74) is 3.66. The minimum Gasteiger partial charge on any atom is -0.494 e. The first-order valence-corrected chi connectivity index (χ1v) is 12.5. The van der Waals surface area contributed by atoms with E-state index in [0.717, 1.165) is 24.3 Å². The van der Waals surface area contributed by atoms with E-state index in [0.29, 0.717) is 16.9 Å². The van der Waals surface area contributed by atoms with Crippen molar-refractivity contribution in [3.05, 3.63) is 82.8 Å². The number of nitroso groups, excluding NO2 is 1. The average Bonchev–Trinajstić information content (AvgIpc) is 3.45. The number of hydrogen-bond donors (Lipinski definition) is 1. The van der Waals surface area contributed by atoms with Crippen LogP contribution in [0.25, 0.3) is 0 Å². The van der Waals surface area contributed by atoms with Gasteiger partial charge in [-0.2, -0.15) is 0 Å². The molecule has 0 saturated carbocycles. The highest BCUT2D eigenvalue weighted by molar-refractivity contribution is 5.95. The zero-order valence-electron chi connectivity index (χ0n) is 21.3. The first-order chi connectivity index (χ1) is 17.5. The number of amides is 1. The van der Waals surface area contributed by atoms with Crippen molar-refractivity contribution in [3.63, 3.8) is 0 Å². The van der Waals surface area contributed by atoms with E-state index in [1.165, 1.54) is 50.6 Å². The van der Waals surface area contributed by atoms with Crippen molar-refractivity contribution < 1.29 is 9.53 Å². The van der Waals surface area contributed by atoms with Crippen LogP contribution in [-0.4, -0.2) is 35.6 Å². The van der Waals surface area contributed by atoms with Gasteiger partial charge in [0.15, 0.2) is 0 Å². The van der Waals surface area contributed by atoms with Gasteiger partial charge in [-0.1, -0.05) is 25.5 Å². The fourth-order valence-electron chi connectivity index (χ4n) is 3.86. The third-order valence-corrected chi connectivity index (χ3v) is 6.08. The molecule has 0 aliphatic carbocycles. The molecule has 3 aromatic rings. The first kappa shape index (κ1) is 26.8. The van der Waals surface area contributed by atoms with Gasteiger partial charge in [0.1, 0.15) is 17.8 Å². The standard InChI is InChI=1S/C14H14N4O2.C14H21NO/c1-9(11-3-5-12(18-20)6-4-11)17-14(19)13-7-15-8-16-10(13)2;1-2-3-12-16-14-8-6-13(7-9-14)15-10-4-5-11-15/h3-9H,1-2H3,(H,17,19);6-9H,2-5,10-12H2,1H3. The molecule has 1 aromatic heterocycles. The lowest BCUT2D eigenvalue weighted by Crippen LogP contribution is -2.27. The van der Waals surface area contributed by atoms with E-state index in [-0.39, 0.29) is 11.9 Å². The Kier molecular flexibility index (Phi) is 10.4. The molecule has 36 heavy (non-hydrogen) atoms. The van der Waals surface area contributed by atoms with Gasteiger partial charge in [0.05, 0.1) is 23.9 Å². The lowest BCUT2D eigenvalue weighted by atomic mass is 10.1. The minimum atomic E-state index is -0.229. The Labute approximate surface area is 213 Å². The van der Waals surface area contributed by atoms with Crippen molar-refractivity contribution in [2.45, 2.75) is 52.5 Å². The lowest BCUT2D eigenvalue weighted by molar-refractivity contribution is 0.0938. The molecule has 4 rings (SSSR count). The van der Waals surface area contributed by atoms with E-state index >= 15 is 0 Å². The SMILES string of the molecule is CCCCOc1ccc(N2CCCC2)cc1.Cc1ncncc1C(=O)NC(C)c1ccc(N=O)cc1. The zero-order valence-corrected chi connectivity index (χ0v) is 21.3. The predicted molar refractivity (Wildman–Crippen MR) is 143 cm³/mol. The third-order valence-electron chi connectivity index (χ3n) is 6.08. The van der Waals surface area contributed by atoms with Crippen LogP contribution in [0.1, 0.15) is 67.2 Å². The number of hydrogen-bond acceptors (Lipinski definition) is 7. The van der Waals surface area contributed by atoms with Crippen LogP contribution >= 0.6 is 0 Å². The van der Waals surface area contributed by atoms with E-state index in [4.69, 9.17) is 4.74 Å². The van der Waals surface area contributed by atoms with Gasteiger partial charge in [-0.3, -0.25) is 4.79 Å². The lowest BCUT2D eigenvalue weighted by Gasteiger charge is -2.17. The molecule has 1 atom stereocenters. The third kappa shape index (κ3) is 7.86. The van der Waals surface area contributed by atoms with Crippen LogP contribution in [-0.2, 0) is 0 Å². The molecule has 0 radical (unpaired) electrons. The fourth-order valence-corrected chi connectivity index (χ4v) is 3.86. The zero-order chi connectivity index (χ0) is 25.8. The van der Waals surface area contributed by atoms with E-state index in [9.17, 15) is 9.70 Å². The molecule has 1 aliphatic heterocycles. The Bertz CT molecular complexity index is 1100. The smallest absolute Gasteiger partial charge is 0.255 e. The van der Waals surface area contributed by atoms with Gasteiger partial charge in [0.25, 0.3) is 5.91 Å². The van der Waals surface area contributed by atoms with Gasteiger partial charge in [-0.15, -0.1) is 4.91 Å². The average molecular weight is 490 g/mol. The molecule has 1 N–H and O–H groups in total. The molecular formula is C28H35N5O3. The summed E-state index contributed by atoms with van der Waals surface area (Å²) in [5, 5.41) is 5.70. The molecule has 1 fully saturated rings. The summed E-state index contributed by atoms with van der Waals surface area (Å²) >= 11 is 0. The second kappa shape index (κ2) is 13.9. The molecule has 1 unspecified atom stereocenters. The summed E-state index contributed by atoms with van der Waals surface area (Å²) in [7, 11) is 0. The largest absolute Gasteiger partial charge is 0.494 e. The second-order valence-electron chi connectivity index (χ2n) is 8.79. The molecule has 190 valence electrons. The van der Waals surface area contributed by atoms with Crippen LogP contribution in [0.3, 0.4) is 0 Å². The number of aryl methyl sites for hydroxylation is 1. The fraction of sp³-hybridized carbons (Fsp3) is 0.393. The highest BCUT2D eigenvalue weighted by atomic mass is 16.5. The topological polar surface area (TPSA) is 96.8 Å². The minimum absolute atomic E-state index is 0.192. The van der Waals surface area contributed by atoms with Gasteiger partial charge in [-0.25, -0.2) is 9.97 Å². The second-order valence-corrected chi connectivity index (χ2v) is 8.79. The van der Waals surface area contributed by atoms with Crippen LogP contribution in [0.4, 0.5) is 11.4 Å². The Morgan fingerprint density at radius 1 is 1.11 bits per heavy atom. The Balaban J connectivity index is 0.000000205. The molecule has 1 amide bonds. The highest BCUT2D eigenvalue weighted by Gasteiger charge is 2.14. The maximum absolute atomic E-state index is 12.1. The predicted octanol–water partition coefficient (Wildman–Crippen LogP) is 6.14. The van der Waals surface area contributed by atoms with E-state index in [2.05, 4.69) is 56.6 Å². The van der Waals surface area contributed by atoms with Crippen molar-refractivity contribution in [2.24, 2.45) is 5.18 Å². The van der Waals surface area contributed by atoms with E-state index in [1.54, 1.807) is 31.2 Å². The molecular weight excluding hydrogens is 454 g/mol. The number of ether oxygens (including phenoxy) is 1. The number of carbonyl (C=O) groups excluding carboxylic acids is 1. The normalized spacial score (nSPS) is 13.4. The van der Waals surface area contributed by atoms with Crippen LogP contribution in [0.15, 0.2) is 66.2 Å². The summed E-state index contributed by atoms with van der Waals surface area (Å²) in [6.45, 7) is 9.04. The van der Waals surface area contributed by atoms with Gasteiger partial charge >= 0.3 is 0 Å². The number of anilines is 1. The van der Waals surface area contributed by atoms with E-state index < -0.39 is 0 Å². The van der Waals surface area contributed by atoms with Gasteiger partial charge in [0.2, 0.25) is 0 Å². The molecule has 2 heterocycles. The molecule has 1 aliphatic rings. The van der Waals surface area contributed by atoms with Crippen LogP contribution in [0.5, 0.6) is 5.75 Å². The Morgan fingerprint density at radius 3 is 2.42 bits per heavy atom. The van der Waals surface area contributed by atoms with Crippen molar-refractivity contribution in [1.29, 1.82) is 0 Å². The maximum Gasteiger partial charge on any atom is 0.255 e. The molecule has 0 bridgehead atoms. The van der Waals surface area contributed by atoms with Gasteiger partial charge in [-0.05, 0) is 80.2 Å². The number of benzene rings is 2. The van der Waals surface area contributed by atoms with Gasteiger partial charge in [0, 0.05) is 25.0 Å². The number of aromatic nitrogens is 2. The number of rotatable bonds is 9. The molecule has 2 aromatic carbocycles. The summed E-state index contributed by atoms with van der Waals surface area (Å²) in [6.07, 6.45) is 7.87. The molecule has 8 heteroatoms. The van der Waals surface area contributed by atoms with E-state index in [1.807, 2.05) is 6.92 Å². The van der Waals surface area contributed by atoms with Crippen molar-refractivity contribution in [1.82, 2.24) is 15.3 Å². The first-order valence-electron chi connectivity index (χ1n) is 12.5. The molecule has 1 saturated heterocycles. The quantitative estimate of drug-likeness (QED) is 0.286. The summed E-state index contributed by atoms with van der Waals surface area (Å²) < 4.78 is 5.65. The molecule has 8 nitrogen and oxygen atoms in total. The Hall–Kier alpha value is -3.81. The van der Waals surface area contributed by atoms with Crippen molar-refractivity contribution in [2.75, 3.05) is 24.6 Å². The van der Waals surface area contributed by atoms with Gasteiger partial charge < -0.3 is 15.0 Å². The number of carbonyl (C=O) groups is 1.